The Hall–Kier alpha value is -2.04. The Morgan fingerprint density at radius 3 is 2.66 bits per heavy atom. The van der Waals surface area contributed by atoms with Gasteiger partial charge in [0.1, 0.15) is 0 Å². The van der Waals surface area contributed by atoms with Gasteiger partial charge in [-0.3, -0.25) is 4.99 Å². The molecule has 9 nitrogen and oxygen atoms in total. The van der Waals surface area contributed by atoms with Crippen molar-refractivity contribution < 1.29 is 17.9 Å². The van der Waals surface area contributed by atoms with E-state index in [1.807, 2.05) is 0 Å². The molecule has 1 saturated heterocycles. The van der Waals surface area contributed by atoms with Crippen molar-refractivity contribution in [2.24, 2.45) is 4.99 Å². The zero-order valence-electron chi connectivity index (χ0n) is 16.7. The molecule has 11 heteroatoms. The summed E-state index contributed by atoms with van der Waals surface area (Å²) in [5, 5.41) is 6.75. The second kappa shape index (κ2) is 11.2. The molecular formula is C18H28ClN5O4S. The molecule has 1 fully saturated rings. The van der Waals surface area contributed by atoms with Crippen molar-refractivity contribution in [2.75, 3.05) is 39.8 Å². The topological polar surface area (TPSA) is 112 Å². The number of piperidine rings is 1. The summed E-state index contributed by atoms with van der Waals surface area (Å²) in [5.74, 6) is 0.585. The largest absolute Gasteiger partial charge is 0.450 e. The first-order valence-corrected chi connectivity index (χ1v) is 11.4. The molecule has 1 aliphatic heterocycles. The van der Waals surface area contributed by atoms with Gasteiger partial charge in [-0.15, -0.1) is 0 Å². The molecule has 0 unspecified atom stereocenters. The number of likely N-dealkylation sites (tertiary alicyclic amines) is 1. The van der Waals surface area contributed by atoms with Gasteiger partial charge in [-0.1, -0.05) is 17.7 Å². The number of aliphatic imine (C=N–C) groups is 1. The summed E-state index contributed by atoms with van der Waals surface area (Å²) in [6.45, 7) is 3.95. The lowest BCUT2D eigenvalue weighted by molar-refractivity contribution is 0.0963. The van der Waals surface area contributed by atoms with E-state index in [1.165, 1.54) is 12.1 Å². The number of carbonyl (C=O) groups is 1. The lowest BCUT2D eigenvalue weighted by Crippen LogP contribution is -2.50. The maximum absolute atomic E-state index is 12.3. The molecule has 162 valence electrons. The Balaban J connectivity index is 1.72. The molecule has 3 N–H and O–H groups in total. The van der Waals surface area contributed by atoms with Crippen molar-refractivity contribution in [1.82, 2.24) is 20.3 Å². The van der Waals surface area contributed by atoms with E-state index >= 15 is 0 Å². The van der Waals surface area contributed by atoms with Crippen molar-refractivity contribution in [2.45, 2.75) is 30.7 Å². The van der Waals surface area contributed by atoms with Gasteiger partial charge in [-0.25, -0.2) is 17.9 Å². The Labute approximate surface area is 176 Å². The zero-order chi connectivity index (χ0) is 21.3. The van der Waals surface area contributed by atoms with Crippen LogP contribution < -0.4 is 15.4 Å². The molecule has 0 aromatic heterocycles. The molecule has 1 aromatic rings. The van der Waals surface area contributed by atoms with Crippen molar-refractivity contribution in [1.29, 1.82) is 0 Å². The van der Waals surface area contributed by atoms with E-state index in [-0.39, 0.29) is 23.6 Å². The number of amides is 1. The summed E-state index contributed by atoms with van der Waals surface area (Å²) in [5.41, 5.74) is 0. The van der Waals surface area contributed by atoms with Crippen LogP contribution in [0, 0.1) is 0 Å². The number of ether oxygens (including phenoxy) is 1. The summed E-state index contributed by atoms with van der Waals surface area (Å²) in [6.07, 6.45) is 1.28. The summed E-state index contributed by atoms with van der Waals surface area (Å²) < 4.78 is 32.1. The van der Waals surface area contributed by atoms with Crippen molar-refractivity contribution >= 4 is 33.7 Å². The zero-order valence-corrected chi connectivity index (χ0v) is 18.2. The lowest BCUT2D eigenvalue weighted by atomic mass is 10.1. The van der Waals surface area contributed by atoms with Crippen LogP contribution in [-0.4, -0.2) is 71.2 Å². The third kappa shape index (κ3) is 7.37. The lowest BCUT2D eigenvalue weighted by Gasteiger charge is -2.32. The Morgan fingerprint density at radius 2 is 2.03 bits per heavy atom. The van der Waals surface area contributed by atoms with Crippen LogP contribution in [-0.2, 0) is 14.8 Å². The fourth-order valence-electron chi connectivity index (χ4n) is 2.89. The smallest absolute Gasteiger partial charge is 0.409 e. The summed E-state index contributed by atoms with van der Waals surface area (Å²) in [6, 6.07) is 6.28. The molecule has 0 bridgehead atoms. The van der Waals surface area contributed by atoms with Crippen LogP contribution in [0.4, 0.5) is 4.79 Å². The van der Waals surface area contributed by atoms with E-state index in [4.69, 9.17) is 16.3 Å². The first-order valence-electron chi connectivity index (χ1n) is 9.50. The highest BCUT2D eigenvalue weighted by Gasteiger charge is 2.24. The van der Waals surface area contributed by atoms with Crippen LogP contribution >= 0.6 is 11.6 Å². The van der Waals surface area contributed by atoms with Gasteiger partial charge >= 0.3 is 6.09 Å². The molecule has 0 saturated carbocycles. The second-order valence-corrected chi connectivity index (χ2v) is 8.66. The minimum atomic E-state index is -3.62. The average Bonchev–Trinajstić information content (AvgIpc) is 2.71. The molecule has 1 amide bonds. The first-order chi connectivity index (χ1) is 13.9. The summed E-state index contributed by atoms with van der Waals surface area (Å²) >= 11 is 5.85. The molecular weight excluding hydrogens is 418 g/mol. The molecule has 0 radical (unpaired) electrons. The number of guanidine groups is 1. The quantitative estimate of drug-likeness (QED) is 0.332. The van der Waals surface area contributed by atoms with Gasteiger partial charge in [0, 0.05) is 44.3 Å². The van der Waals surface area contributed by atoms with E-state index in [2.05, 4.69) is 20.3 Å². The van der Waals surface area contributed by atoms with Gasteiger partial charge in [0.25, 0.3) is 0 Å². The predicted octanol–water partition coefficient (Wildman–Crippen LogP) is 1.40. The van der Waals surface area contributed by atoms with Gasteiger partial charge in [0.05, 0.1) is 11.5 Å². The predicted molar refractivity (Wildman–Crippen MR) is 113 cm³/mol. The van der Waals surface area contributed by atoms with E-state index in [1.54, 1.807) is 31.0 Å². The minimum Gasteiger partial charge on any atom is -0.450 e. The standard InChI is InChI=1S/C18H28ClN5O4S/c1-3-28-18(25)24-11-7-15(8-12-24)23-17(20-2)21-9-10-22-29(26,27)16-6-4-5-14(19)13-16/h4-6,13,15,22H,3,7-12H2,1-2H3,(H2,20,21,23). The molecule has 0 aliphatic carbocycles. The van der Waals surface area contributed by atoms with Crippen molar-refractivity contribution in [3.8, 4) is 0 Å². The number of nitrogens with zero attached hydrogens (tertiary/aromatic N) is 2. The fourth-order valence-corrected chi connectivity index (χ4v) is 4.23. The van der Waals surface area contributed by atoms with Crippen LogP contribution in [0.5, 0.6) is 0 Å². The number of rotatable bonds is 7. The summed E-state index contributed by atoms with van der Waals surface area (Å²) in [4.78, 5) is 17.7. The third-order valence-electron chi connectivity index (χ3n) is 4.40. The molecule has 29 heavy (non-hydrogen) atoms. The monoisotopic (exact) mass is 445 g/mol. The molecule has 0 spiro atoms. The van der Waals surface area contributed by atoms with E-state index in [9.17, 15) is 13.2 Å². The van der Waals surface area contributed by atoms with Gasteiger partial charge in [-0.2, -0.15) is 0 Å². The van der Waals surface area contributed by atoms with Gasteiger partial charge in [-0.05, 0) is 38.0 Å². The number of nitrogens with one attached hydrogen (secondary N) is 3. The number of halogens is 1. The molecule has 1 aliphatic rings. The average molecular weight is 446 g/mol. The van der Waals surface area contributed by atoms with Crippen LogP contribution in [0.25, 0.3) is 0 Å². The number of sulfonamides is 1. The number of hydrogen-bond donors (Lipinski definition) is 3. The van der Waals surface area contributed by atoms with Crippen molar-refractivity contribution in [3.63, 3.8) is 0 Å². The Kier molecular flexibility index (Phi) is 8.99. The molecule has 1 heterocycles. The maximum atomic E-state index is 12.3. The van der Waals surface area contributed by atoms with Crippen LogP contribution in [0.1, 0.15) is 19.8 Å². The highest BCUT2D eigenvalue weighted by molar-refractivity contribution is 7.89. The van der Waals surface area contributed by atoms with E-state index in [0.717, 1.165) is 12.8 Å². The number of benzene rings is 1. The normalized spacial score (nSPS) is 15.8. The van der Waals surface area contributed by atoms with Crippen molar-refractivity contribution in [3.05, 3.63) is 29.3 Å². The van der Waals surface area contributed by atoms with Gasteiger partial charge in [0.2, 0.25) is 10.0 Å². The molecule has 1 aromatic carbocycles. The van der Waals surface area contributed by atoms with Gasteiger partial charge in [0.15, 0.2) is 5.96 Å². The van der Waals surface area contributed by atoms with Crippen LogP contribution in [0.2, 0.25) is 5.02 Å². The Bertz CT molecular complexity index is 810. The molecule has 0 atom stereocenters. The molecule has 2 rings (SSSR count). The van der Waals surface area contributed by atoms with E-state index < -0.39 is 10.0 Å². The highest BCUT2D eigenvalue weighted by atomic mass is 35.5. The SMILES string of the molecule is CCOC(=O)N1CCC(NC(=NC)NCCNS(=O)(=O)c2cccc(Cl)c2)CC1. The first kappa shape index (κ1) is 23.2. The maximum Gasteiger partial charge on any atom is 0.409 e. The fraction of sp³-hybridized carbons (Fsp3) is 0.556. The number of hydrogen-bond acceptors (Lipinski definition) is 5. The summed E-state index contributed by atoms with van der Waals surface area (Å²) in [7, 11) is -1.97. The highest BCUT2D eigenvalue weighted by Crippen LogP contribution is 2.15. The Morgan fingerprint density at radius 1 is 1.31 bits per heavy atom. The van der Waals surface area contributed by atoms with Crippen LogP contribution in [0.15, 0.2) is 34.2 Å². The third-order valence-corrected chi connectivity index (χ3v) is 6.10. The second-order valence-electron chi connectivity index (χ2n) is 6.46. The number of carbonyl (C=O) groups excluding carboxylic acids is 1. The van der Waals surface area contributed by atoms with Gasteiger partial charge < -0.3 is 20.3 Å². The minimum absolute atomic E-state index is 0.126. The van der Waals surface area contributed by atoms with E-state index in [0.29, 0.717) is 37.2 Å². The van der Waals surface area contributed by atoms with Crippen LogP contribution in [0.3, 0.4) is 0 Å².